The Bertz CT molecular complexity index is 319. The topological polar surface area (TPSA) is 46.2 Å². The summed E-state index contributed by atoms with van der Waals surface area (Å²) in [6.07, 6.45) is -0.202. The maximum Gasteiger partial charge on any atom is 0.142 e. The zero-order valence-corrected chi connectivity index (χ0v) is 9.46. The summed E-state index contributed by atoms with van der Waals surface area (Å²) in [5.41, 5.74) is 6.05. The third kappa shape index (κ3) is 2.32. The van der Waals surface area contributed by atoms with Gasteiger partial charge in [-0.3, -0.25) is 0 Å². The van der Waals surface area contributed by atoms with E-state index in [1.807, 2.05) is 0 Å². The summed E-state index contributed by atoms with van der Waals surface area (Å²) in [6.45, 7) is 1.81. The Kier molecular flexibility index (Phi) is 4.04. The van der Waals surface area contributed by atoms with E-state index >= 15 is 0 Å². The minimum absolute atomic E-state index is 0.341. The quantitative estimate of drug-likeness (QED) is 0.878. The maximum absolute atomic E-state index is 13.5. The molecule has 14 heavy (non-hydrogen) atoms. The molecule has 78 valence electrons. The maximum atomic E-state index is 13.5. The number of hydrogen-bond donors (Lipinski definition) is 2. The van der Waals surface area contributed by atoms with Gasteiger partial charge < -0.3 is 10.8 Å². The number of aliphatic hydroxyl groups is 1. The summed E-state index contributed by atoms with van der Waals surface area (Å²) in [7, 11) is 0. The van der Waals surface area contributed by atoms with Crippen LogP contribution >= 0.6 is 15.9 Å². The number of nitrogens with two attached hydrogens (primary N) is 1. The standard InChI is InChI=1S/C10H13BrFNO/c1-2-8(14)10(13)6-4-3-5-7(11)9(6)12/h3-5,8,10,14H,2,13H2,1H3/t8-,10+/m0/s1. The van der Waals surface area contributed by atoms with Gasteiger partial charge in [0.2, 0.25) is 0 Å². The van der Waals surface area contributed by atoms with Crippen molar-refractivity contribution in [1.82, 2.24) is 0 Å². The Hall–Kier alpha value is -0.450. The molecule has 0 bridgehead atoms. The van der Waals surface area contributed by atoms with E-state index in [4.69, 9.17) is 5.73 Å². The summed E-state index contributed by atoms with van der Waals surface area (Å²) in [5, 5.41) is 9.49. The first-order valence-electron chi connectivity index (χ1n) is 4.45. The lowest BCUT2D eigenvalue weighted by Crippen LogP contribution is -2.26. The van der Waals surface area contributed by atoms with Gasteiger partial charge >= 0.3 is 0 Å². The molecule has 2 nitrogen and oxygen atoms in total. The van der Waals surface area contributed by atoms with Gasteiger partial charge in [0.25, 0.3) is 0 Å². The molecule has 0 saturated carbocycles. The summed E-state index contributed by atoms with van der Waals surface area (Å²) in [5.74, 6) is -0.396. The zero-order valence-electron chi connectivity index (χ0n) is 7.87. The molecule has 1 aromatic carbocycles. The summed E-state index contributed by atoms with van der Waals surface area (Å²) in [4.78, 5) is 0. The number of halogens is 2. The van der Waals surface area contributed by atoms with Gasteiger partial charge in [0.05, 0.1) is 16.6 Å². The first-order valence-corrected chi connectivity index (χ1v) is 5.24. The molecule has 0 amide bonds. The van der Waals surface area contributed by atoms with Crippen molar-refractivity contribution in [3.05, 3.63) is 34.1 Å². The molecule has 0 radical (unpaired) electrons. The molecule has 2 atom stereocenters. The van der Waals surface area contributed by atoms with Crippen LogP contribution in [0.4, 0.5) is 4.39 Å². The molecule has 1 aromatic rings. The molecule has 4 heteroatoms. The van der Waals surface area contributed by atoms with E-state index in [9.17, 15) is 9.50 Å². The third-order valence-corrected chi connectivity index (χ3v) is 2.79. The minimum atomic E-state index is -0.709. The Morgan fingerprint density at radius 2 is 2.21 bits per heavy atom. The van der Waals surface area contributed by atoms with Gasteiger partial charge in [-0.05, 0) is 28.4 Å². The van der Waals surface area contributed by atoms with Gasteiger partial charge in [-0.25, -0.2) is 4.39 Å². The average molecular weight is 262 g/mol. The van der Waals surface area contributed by atoms with E-state index in [1.54, 1.807) is 25.1 Å². The van der Waals surface area contributed by atoms with Gasteiger partial charge in [0.1, 0.15) is 5.82 Å². The van der Waals surface area contributed by atoms with Gasteiger partial charge in [-0.1, -0.05) is 19.1 Å². The second-order valence-corrected chi connectivity index (χ2v) is 4.00. The molecule has 0 aliphatic rings. The molecule has 1 rings (SSSR count). The second kappa shape index (κ2) is 4.87. The van der Waals surface area contributed by atoms with Gasteiger partial charge in [-0.2, -0.15) is 0 Å². The van der Waals surface area contributed by atoms with Crippen molar-refractivity contribution < 1.29 is 9.50 Å². The molecular formula is C10H13BrFNO. The van der Waals surface area contributed by atoms with Crippen molar-refractivity contribution in [2.75, 3.05) is 0 Å². The van der Waals surface area contributed by atoms with Crippen LogP contribution in [-0.2, 0) is 0 Å². The van der Waals surface area contributed by atoms with Gasteiger partial charge in [0, 0.05) is 5.56 Å². The highest BCUT2D eigenvalue weighted by atomic mass is 79.9. The predicted molar refractivity (Wildman–Crippen MR) is 57.3 cm³/mol. The fraction of sp³-hybridized carbons (Fsp3) is 0.400. The van der Waals surface area contributed by atoms with Crippen LogP contribution in [0.2, 0.25) is 0 Å². The van der Waals surface area contributed by atoms with Crippen molar-refractivity contribution in [3.63, 3.8) is 0 Å². The van der Waals surface area contributed by atoms with Crippen LogP contribution in [0.1, 0.15) is 24.9 Å². The minimum Gasteiger partial charge on any atom is -0.391 e. The molecule has 0 fully saturated rings. The Morgan fingerprint density at radius 1 is 1.57 bits per heavy atom. The molecule has 0 saturated heterocycles. The molecular weight excluding hydrogens is 249 g/mol. The normalized spacial score (nSPS) is 15.2. The lowest BCUT2D eigenvalue weighted by Gasteiger charge is -2.18. The van der Waals surface area contributed by atoms with Crippen LogP contribution < -0.4 is 5.73 Å². The monoisotopic (exact) mass is 261 g/mol. The van der Waals surface area contributed by atoms with Crippen LogP contribution in [-0.4, -0.2) is 11.2 Å². The van der Waals surface area contributed by atoms with Gasteiger partial charge in [0.15, 0.2) is 0 Å². The predicted octanol–water partition coefficient (Wildman–Crippen LogP) is 2.36. The second-order valence-electron chi connectivity index (χ2n) is 3.14. The van der Waals surface area contributed by atoms with Crippen LogP contribution in [0.3, 0.4) is 0 Å². The molecule has 0 aliphatic heterocycles. The van der Waals surface area contributed by atoms with Crippen molar-refractivity contribution in [1.29, 1.82) is 0 Å². The summed E-state index contributed by atoms with van der Waals surface area (Å²) < 4.78 is 13.9. The van der Waals surface area contributed by atoms with E-state index in [1.165, 1.54) is 0 Å². The summed E-state index contributed by atoms with van der Waals surface area (Å²) >= 11 is 3.07. The lowest BCUT2D eigenvalue weighted by atomic mass is 10.0. The molecule has 0 unspecified atom stereocenters. The van der Waals surface area contributed by atoms with E-state index < -0.39 is 18.0 Å². The van der Waals surface area contributed by atoms with Crippen molar-refractivity contribution >= 4 is 15.9 Å². The average Bonchev–Trinajstić information content (AvgIpc) is 2.20. The Morgan fingerprint density at radius 3 is 2.79 bits per heavy atom. The third-order valence-electron chi connectivity index (χ3n) is 2.17. The molecule has 3 N–H and O–H groups in total. The van der Waals surface area contributed by atoms with Crippen LogP contribution in [0.25, 0.3) is 0 Å². The van der Waals surface area contributed by atoms with Crippen molar-refractivity contribution in [2.24, 2.45) is 5.73 Å². The summed E-state index contributed by atoms with van der Waals surface area (Å²) in [6, 6.07) is 4.22. The zero-order chi connectivity index (χ0) is 10.7. The fourth-order valence-corrected chi connectivity index (χ4v) is 1.62. The molecule has 0 aromatic heterocycles. The van der Waals surface area contributed by atoms with E-state index in [0.29, 0.717) is 16.5 Å². The van der Waals surface area contributed by atoms with Crippen LogP contribution in [0, 0.1) is 5.82 Å². The Balaban J connectivity index is 3.01. The van der Waals surface area contributed by atoms with Crippen LogP contribution in [0.5, 0.6) is 0 Å². The lowest BCUT2D eigenvalue weighted by molar-refractivity contribution is 0.139. The van der Waals surface area contributed by atoms with Crippen molar-refractivity contribution in [2.45, 2.75) is 25.5 Å². The number of aliphatic hydroxyl groups excluding tert-OH is 1. The number of hydrogen-bond acceptors (Lipinski definition) is 2. The smallest absolute Gasteiger partial charge is 0.142 e. The highest BCUT2D eigenvalue weighted by Crippen LogP contribution is 2.24. The van der Waals surface area contributed by atoms with E-state index in [2.05, 4.69) is 15.9 Å². The van der Waals surface area contributed by atoms with E-state index in [-0.39, 0.29) is 0 Å². The van der Waals surface area contributed by atoms with Crippen LogP contribution in [0.15, 0.2) is 22.7 Å². The highest BCUT2D eigenvalue weighted by molar-refractivity contribution is 9.10. The molecule has 0 aliphatic carbocycles. The van der Waals surface area contributed by atoms with Crippen molar-refractivity contribution in [3.8, 4) is 0 Å². The fourth-order valence-electron chi connectivity index (χ4n) is 1.24. The largest absolute Gasteiger partial charge is 0.391 e. The SMILES string of the molecule is CC[C@H](O)[C@H](N)c1cccc(Br)c1F. The molecule has 0 heterocycles. The first-order chi connectivity index (χ1) is 6.57. The van der Waals surface area contributed by atoms with E-state index in [0.717, 1.165) is 0 Å². The Labute approximate surface area is 91.1 Å². The number of benzene rings is 1. The first kappa shape index (κ1) is 11.6. The number of rotatable bonds is 3. The molecule has 0 spiro atoms. The van der Waals surface area contributed by atoms with Gasteiger partial charge in [-0.15, -0.1) is 0 Å². The highest BCUT2D eigenvalue weighted by Gasteiger charge is 2.19.